The predicted octanol–water partition coefficient (Wildman–Crippen LogP) is 5.86. The molecule has 0 heterocycles. The van der Waals surface area contributed by atoms with Crippen LogP contribution >= 0.6 is 11.8 Å². The van der Waals surface area contributed by atoms with E-state index in [4.69, 9.17) is 0 Å². The van der Waals surface area contributed by atoms with Gasteiger partial charge in [0, 0.05) is 5.75 Å². The SMILES string of the molecule is CCCCCCC(CCCCCC)CCSC=O. The maximum Gasteiger partial charge on any atom is 0.176 e. The van der Waals surface area contributed by atoms with Crippen LogP contribution in [-0.4, -0.2) is 11.4 Å². The van der Waals surface area contributed by atoms with Gasteiger partial charge in [-0.3, -0.25) is 4.79 Å². The molecule has 18 heavy (non-hydrogen) atoms. The molecule has 0 rings (SSSR count). The van der Waals surface area contributed by atoms with Gasteiger partial charge in [0.2, 0.25) is 0 Å². The lowest BCUT2D eigenvalue weighted by Gasteiger charge is -2.16. The van der Waals surface area contributed by atoms with Gasteiger partial charge in [-0.1, -0.05) is 89.8 Å². The summed E-state index contributed by atoms with van der Waals surface area (Å²) in [5, 5.41) is 0. The molecule has 0 radical (unpaired) electrons. The highest BCUT2D eigenvalue weighted by molar-refractivity contribution is 8.11. The van der Waals surface area contributed by atoms with Crippen LogP contribution in [0.4, 0.5) is 0 Å². The standard InChI is InChI=1S/C16H32OS/c1-3-5-7-9-11-16(13-14-18-15-17)12-10-8-6-4-2/h15-16H,3-14H2,1-2H3. The van der Waals surface area contributed by atoms with Crippen molar-refractivity contribution in [2.24, 2.45) is 5.92 Å². The van der Waals surface area contributed by atoms with Gasteiger partial charge in [-0.2, -0.15) is 0 Å². The molecular weight excluding hydrogens is 240 g/mol. The Balaban J connectivity index is 3.65. The highest BCUT2D eigenvalue weighted by Crippen LogP contribution is 2.22. The van der Waals surface area contributed by atoms with E-state index in [1.807, 2.05) is 0 Å². The fraction of sp³-hybridized carbons (Fsp3) is 0.938. The van der Waals surface area contributed by atoms with Crippen LogP contribution in [0.15, 0.2) is 0 Å². The van der Waals surface area contributed by atoms with Crippen LogP contribution in [0.25, 0.3) is 0 Å². The molecule has 0 aliphatic carbocycles. The summed E-state index contributed by atoms with van der Waals surface area (Å²) in [5.41, 5.74) is 0.991. The van der Waals surface area contributed by atoms with E-state index >= 15 is 0 Å². The minimum absolute atomic E-state index is 0.867. The van der Waals surface area contributed by atoms with Gasteiger partial charge in [-0.25, -0.2) is 0 Å². The number of carbonyl (C=O) groups excluding carboxylic acids is 1. The van der Waals surface area contributed by atoms with E-state index in [-0.39, 0.29) is 0 Å². The fourth-order valence-corrected chi connectivity index (χ4v) is 3.00. The third kappa shape index (κ3) is 12.5. The van der Waals surface area contributed by atoms with Crippen molar-refractivity contribution in [1.29, 1.82) is 0 Å². The number of unbranched alkanes of at least 4 members (excludes halogenated alkanes) is 6. The van der Waals surface area contributed by atoms with Gasteiger partial charge in [0.25, 0.3) is 0 Å². The predicted molar refractivity (Wildman–Crippen MR) is 84.8 cm³/mol. The maximum absolute atomic E-state index is 10.3. The lowest BCUT2D eigenvalue weighted by Crippen LogP contribution is -2.03. The van der Waals surface area contributed by atoms with Crippen LogP contribution in [0, 0.1) is 5.92 Å². The molecule has 2 heteroatoms. The minimum Gasteiger partial charge on any atom is -0.291 e. The lowest BCUT2D eigenvalue weighted by atomic mass is 9.92. The molecule has 0 fully saturated rings. The number of hydrogen-bond acceptors (Lipinski definition) is 2. The summed E-state index contributed by atoms with van der Waals surface area (Å²) in [6.07, 6.45) is 15.0. The van der Waals surface area contributed by atoms with E-state index < -0.39 is 0 Å². The molecular formula is C16H32OS. The Bertz CT molecular complexity index is 158. The quantitative estimate of drug-likeness (QED) is 0.291. The van der Waals surface area contributed by atoms with E-state index in [2.05, 4.69) is 13.8 Å². The third-order valence-corrected chi connectivity index (χ3v) is 4.25. The number of carbonyl (C=O) groups is 1. The van der Waals surface area contributed by atoms with Gasteiger partial charge in [0.15, 0.2) is 5.62 Å². The Morgan fingerprint density at radius 2 is 1.39 bits per heavy atom. The molecule has 0 amide bonds. The number of rotatable bonds is 14. The summed E-state index contributed by atoms with van der Waals surface area (Å²) < 4.78 is 0. The third-order valence-electron chi connectivity index (χ3n) is 3.64. The summed E-state index contributed by atoms with van der Waals surface area (Å²) in [4.78, 5) is 10.3. The first-order valence-electron chi connectivity index (χ1n) is 7.90. The topological polar surface area (TPSA) is 17.1 Å². The molecule has 0 N–H and O–H groups in total. The molecule has 108 valence electrons. The largest absolute Gasteiger partial charge is 0.291 e. The van der Waals surface area contributed by atoms with Crippen molar-refractivity contribution in [3.8, 4) is 0 Å². The van der Waals surface area contributed by atoms with Gasteiger partial charge in [-0.05, 0) is 12.3 Å². The van der Waals surface area contributed by atoms with E-state index in [0.717, 1.165) is 17.3 Å². The molecule has 0 aromatic rings. The molecule has 0 unspecified atom stereocenters. The van der Waals surface area contributed by atoms with E-state index in [1.165, 1.54) is 82.4 Å². The first-order valence-corrected chi connectivity index (χ1v) is 8.95. The molecule has 1 nitrogen and oxygen atoms in total. The zero-order chi connectivity index (χ0) is 13.5. The monoisotopic (exact) mass is 272 g/mol. The molecule has 0 aliphatic heterocycles. The molecule has 0 aromatic carbocycles. The Morgan fingerprint density at radius 3 is 1.83 bits per heavy atom. The van der Waals surface area contributed by atoms with Crippen LogP contribution in [0.2, 0.25) is 0 Å². The van der Waals surface area contributed by atoms with Gasteiger partial charge >= 0.3 is 0 Å². The van der Waals surface area contributed by atoms with Crippen LogP contribution in [-0.2, 0) is 4.79 Å². The van der Waals surface area contributed by atoms with Crippen molar-refractivity contribution < 1.29 is 4.79 Å². The Kier molecular flexibility index (Phi) is 15.1. The van der Waals surface area contributed by atoms with Crippen LogP contribution in [0.1, 0.15) is 84.5 Å². The first kappa shape index (κ1) is 18.0. The van der Waals surface area contributed by atoms with Crippen molar-refractivity contribution in [2.75, 3.05) is 5.75 Å². The molecule has 0 saturated carbocycles. The lowest BCUT2D eigenvalue weighted by molar-refractivity contribution is 0.398. The van der Waals surface area contributed by atoms with Crippen LogP contribution < -0.4 is 0 Å². The smallest absolute Gasteiger partial charge is 0.176 e. The summed E-state index contributed by atoms with van der Waals surface area (Å²) in [6, 6.07) is 0. The molecule has 0 atom stereocenters. The van der Waals surface area contributed by atoms with Crippen LogP contribution in [0.5, 0.6) is 0 Å². The second kappa shape index (κ2) is 15.1. The summed E-state index contributed by atoms with van der Waals surface area (Å²) in [5.74, 6) is 1.89. The Hall–Kier alpha value is 0.0200. The second-order valence-corrected chi connectivity index (χ2v) is 6.25. The average Bonchev–Trinajstić information content (AvgIpc) is 2.39. The molecule has 0 bridgehead atoms. The van der Waals surface area contributed by atoms with Gasteiger partial charge in [0.05, 0.1) is 0 Å². The number of thioether (sulfide) groups is 1. The summed E-state index contributed by atoms with van der Waals surface area (Å²) in [7, 11) is 0. The van der Waals surface area contributed by atoms with Gasteiger partial charge < -0.3 is 0 Å². The molecule has 0 aromatic heterocycles. The Labute approximate surface area is 118 Å². The second-order valence-electron chi connectivity index (χ2n) is 5.32. The van der Waals surface area contributed by atoms with Crippen molar-refractivity contribution in [2.45, 2.75) is 84.5 Å². The molecule has 0 saturated heterocycles. The summed E-state index contributed by atoms with van der Waals surface area (Å²) >= 11 is 1.44. The zero-order valence-corrected chi connectivity index (χ0v) is 13.3. The van der Waals surface area contributed by atoms with Crippen molar-refractivity contribution in [3.63, 3.8) is 0 Å². The molecule has 0 spiro atoms. The zero-order valence-electron chi connectivity index (χ0n) is 12.5. The van der Waals surface area contributed by atoms with E-state index in [9.17, 15) is 4.79 Å². The van der Waals surface area contributed by atoms with Crippen LogP contribution in [0.3, 0.4) is 0 Å². The Morgan fingerprint density at radius 1 is 0.833 bits per heavy atom. The number of hydrogen-bond donors (Lipinski definition) is 0. The van der Waals surface area contributed by atoms with E-state index in [1.54, 1.807) is 0 Å². The van der Waals surface area contributed by atoms with Crippen molar-refractivity contribution in [1.82, 2.24) is 0 Å². The molecule has 0 aliphatic rings. The maximum atomic E-state index is 10.3. The normalized spacial score (nSPS) is 11.1. The summed E-state index contributed by atoms with van der Waals surface area (Å²) in [6.45, 7) is 4.53. The highest BCUT2D eigenvalue weighted by Gasteiger charge is 2.08. The fourth-order valence-electron chi connectivity index (χ4n) is 2.44. The van der Waals surface area contributed by atoms with Crippen molar-refractivity contribution in [3.05, 3.63) is 0 Å². The van der Waals surface area contributed by atoms with Gasteiger partial charge in [-0.15, -0.1) is 0 Å². The highest BCUT2D eigenvalue weighted by atomic mass is 32.2. The van der Waals surface area contributed by atoms with E-state index in [0.29, 0.717) is 0 Å². The van der Waals surface area contributed by atoms with Crippen molar-refractivity contribution >= 4 is 17.4 Å². The van der Waals surface area contributed by atoms with Gasteiger partial charge in [0.1, 0.15) is 0 Å². The minimum atomic E-state index is 0.867. The average molecular weight is 272 g/mol. The first-order chi connectivity index (χ1) is 8.85.